The summed E-state index contributed by atoms with van der Waals surface area (Å²) in [5.74, 6) is -0.262. The van der Waals surface area contributed by atoms with Crippen LogP contribution < -0.4 is 5.32 Å². The second kappa shape index (κ2) is 5.57. The summed E-state index contributed by atoms with van der Waals surface area (Å²) in [6.07, 6.45) is 0. The van der Waals surface area contributed by atoms with Gasteiger partial charge in [-0.3, -0.25) is 4.79 Å². The average Bonchev–Trinajstić information content (AvgIpc) is 2.96. The summed E-state index contributed by atoms with van der Waals surface area (Å²) in [6, 6.07) is 12.2. The van der Waals surface area contributed by atoms with Crippen LogP contribution in [0.4, 0.5) is 5.69 Å². The number of anilines is 1. The van der Waals surface area contributed by atoms with Crippen molar-refractivity contribution in [2.75, 3.05) is 5.32 Å². The van der Waals surface area contributed by atoms with Gasteiger partial charge in [-0.2, -0.15) is 5.26 Å². The molecule has 3 rings (SSSR count). The van der Waals surface area contributed by atoms with Gasteiger partial charge in [0.25, 0.3) is 5.91 Å². The molecule has 0 aromatic heterocycles. The van der Waals surface area contributed by atoms with Crippen LogP contribution in [-0.4, -0.2) is 5.91 Å². The van der Waals surface area contributed by atoms with Gasteiger partial charge in [0.05, 0.1) is 35.6 Å². The van der Waals surface area contributed by atoms with Crippen LogP contribution in [0.1, 0.15) is 27.0 Å². The maximum atomic E-state index is 12.3. The minimum Gasteiger partial charge on any atom is -0.372 e. The molecule has 1 heterocycles. The molecule has 0 bridgehead atoms. The van der Waals surface area contributed by atoms with Crippen LogP contribution in [-0.2, 0) is 18.0 Å². The smallest absolute Gasteiger partial charge is 0.255 e. The number of carbonyl (C=O) groups is 1. The first kappa shape index (κ1) is 13.6. The van der Waals surface area contributed by atoms with Crippen molar-refractivity contribution in [2.45, 2.75) is 13.2 Å². The lowest BCUT2D eigenvalue weighted by molar-refractivity contribution is 0.102. The average molecular weight is 299 g/mol. The van der Waals surface area contributed by atoms with Crippen molar-refractivity contribution in [2.24, 2.45) is 0 Å². The van der Waals surface area contributed by atoms with Crippen molar-refractivity contribution in [1.82, 2.24) is 0 Å². The minimum atomic E-state index is -0.262. The Balaban J connectivity index is 1.85. The summed E-state index contributed by atoms with van der Waals surface area (Å²) in [7, 11) is 0. The molecule has 1 aliphatic rings. The highest BCUT2D eigenvalue weighted by Gasteiger charge is 2.15. The molecule has 0 aliphatic carbocycles. The third-order valence-corrected chi connectivity index (χ3v) is 3.66. The minimum absolute atomic E-state index is 0.262. The fourth-order valence-electron chi connectivity index (χ4n) is 2.20. The zero-order chi connectivity index (χ0) is 14.8. The fraction of sp³-hybridized carbons (Fsp3) is 0.125. The number of nitrogens with zero attached hydrogens (tertiary/aromatic N) is 1. The molecule has 2 aromatic rings. The van der Waals surface area contributed by atoms with E-state index in [1.54, 1.807) is 24.3 Å². The highest BCUT2D eigenvalue weighted by molar-refractivity contribution is 6.34. The Kier molecular flexibility index (Phi) is 3.61. The van der Waals surface area contributed by atoms with Crippen molar-refractivity contribution in [3.63, 3.8) is 0 Å². The van der Waals surface area contributed by atoms with E-state index in [0.717, 1.165) is 11.1 Å². The molecule has 1 N–H and O–H groups in total. The molecular formula is C16H11ClN2O2. The number of ether oxygens (including phenoxy) is 1. The molecule has 0 saturated carbocycles. The summed E-state index contributed by atoms with van der Waals surface area (Å²) in [5.41, 5.74) is 3.54. The summed E-state index contributed by atoms with van der Waals surface area (Å²) < 4.78 is 5.33. The van der Waals surface area contributed by atoms with Crippen molar-refractivity contribution in [3.8, 4) is 6.07 Å². The van der Waals surface area contributed by atoms with Crippen LogP contribution in [0.2, 0.25) is 5.02 Å². The summed E-state index contributed by atoms with van der Waals surface area (Å²) >= 11 is 6.03. The number of hydrogen-bond donors (Lipinski definition) is 1. The first-order valence-corrected chi connectivity index (χ1v) is 6.76. The van der Waals surface area contributed by atoms with Gasteiger partial charge >= 0.3 is 0 Å². The zero-order valence-electron chi connectivity index (χ0n) is 11.0. The Morgan fingerprint density at radius 2 is 2.00 bits per heavy atom. The number of fused-ring (bicyclic) bond motifs is 1. The highest BCUT2D eigenvalue weighted by atomic mass is 35.5. The van der Waals surface area contributed by atoms with Gasteiger partial charge in [-0.15, -0.1) is 0 Å². The molecule has 0 fully saturated rings. The van der Waals surface area contributed by atoms with Gasteiger partial charge < -0.3 is 10.1 Å². The first-order chi connectivity index (χ1) is 10.2. The lowest BCUT2D eigenvalue weighted by Gasteiger charge is -2.08. The number of nitriles is 1. The van der Waals surface area contributed by atoms with Gasteiger partial charge in [-0.25, -0.2) is 0 Å². The van der Waals surface area contributed by atoms with Crippen LogP contribution in [0.5, 0.6) is 0 Å². The van der Waals surface area contributed by atoms with Crippen LogP contribution in [0.3, 0.4) is 0 Å². The number of amides is 1. The Morgan fingerprint density at radius 1 is 1.19 bits per heavy atom. The van der Waals surface area contributed by atoms with E-state index in [9.17, 15) is 4.79 Å². The van der Waals surface area contributed by atoms with Crippen LogP contribution in [0, 0.1) is 11.3 Å². The molecule has 2 aromatic carbocycles. The third-order valence-electron chi connectivity index (χ3n) is 3.33. The van der Waals surface area contributed by atoms with Crippen molar-refractivity contribution in [1.29, 1.82) is 5.26 Å². The van der Waals surface area contributed by atoms with Gasteiger partial charge in [0.15, 0.2) is 0 Å². The van der Waals surface area contributed by atoms with Crippen LogP contribution in [0.15, 0.2) is 36.4 Å². The molecule has 21 heavy (non-hydrogen) atoms. The van der Waals surface area contributed by atoms with Gasteiger partial charge in [-0.05, 0) is 41.5 Å². The van der Waals surface area contributed by atoms with E-state index in [1.165, 1.54) is 0 Å². The summed E-state index contributed by atoms with van der Waals surface area (Å²) in [5, 5.41) is 12.0. The van der Waals surface area contributed by atoms with E-state index in [1.807, 2.05) is 18.2 Å². The van der Waals surface area contributed by atoms with Gasteiger partial charge in [0.2, 0.25) is 0 Å². The Hall–Kier alpha value is -2.35. The number of hydrogen-bond acceptors (Lipinski definition) is 3. The molecule has 1 amide bonds. The topological polar surface area (TPSA) is 62.1 Å². The molecule has 0 saturated heterocycles. The van der Waals surface area contributed by atoms with Gasteiger partial charge in [0.1, 0.15) is 0 Å². The fourth-order valence-corrected chi connectivity index (χ4v) is 2.36. The third kappa shape index (κ3) is 2.75. The Labute approximate surface area is 126 Å². The SMILES string of the molecule is N#Cc1ccc(Cl)c(NC(=O)c2ccc3c(c2)COC3)c1. The van der Waals surface area contributed by atoms with E-state index in [2.05, 4.69) is 5.32 Å². The Bertz CT molecular complexity index is 765. The van der Waals surface area contributed by atoms with Crippen molar-refractivity contribution in [3.05, 3.63) is 63.7 Å². The predicted molar refractivity (Wildman–Crippen MR) is 79.1 cm³/mol. The number of rotatable bonds is 2. The molecule has 5 heteroatoms. The zero-order valence-corrected chi connectivity index (χ0v) is 11.8. The molecule has 0 atom stereocenters. The number of benzene rings is 2. The summed E-state index contributed by atoms with van der Waals surface area (Å²) in [4.78, 5) is 12.3. The molecular weight excluding hydrogens is 288 g/mol. The Morgan fingerprint density at radius 3 is 2.81 bits per heavy atom. The molecule has 104 valence electrons. The van der Waals surface area contributed by atoms with Crippen LogP contribution >= 0.6 is 11.6 Å². The maximum Gasteiger partial charge on any atom is 0.255 e. The molecule has 0 unspecified atom stereocenters. The molecule has 0 spiro atoms. The van der Waals surface area contributed by atoms with E-state index < -0.39 is 0 Å². The van der Waals surface area contributed by atoms with Gasteiger partial charge in [0, 0.05) is 5.56 Å². The summed E-state index contributed by atoms with van der Waals surface area (Å²) in [6.45, 7) is 1.12. The lowest BCUT2D eigenvalue weighted by Crippen LogP contribution is -2.12. The molecule has 4 nitrogen and oxygen atoms in total. The normalized spacial score (nSPS) is 12.6. The number of halogens is 1. The first-order valence-electron chi connectivity index (χ1n) is 6.38. The lowest BCUT2D eigenvalue weighted by atomic mass is 10.1. The van der Waals surface area contributed by atoms with Crippen molar-refractivity contribution < 1.29 is 9.53 Å². The number of carbonyl (C=O) groups excluding carboxylic acids is 1. The maximum absolute atomic E-state index is 12.3. The number of nitrogens with one attached hydrogen (secondary N) is 1. The van der Waals surface area contributed by atoms with Crippen molar-refractivity contribution >= 4 is 23.2 Å². The van der Waals surface area contributed by atoms with Gasteiger partial charge in [-0.1, -0.05) is 17.7 Å². The van der Waals surface area contributed by atoms with Crippen LogP contribution in [0.25, 0.3) is 0 Å². The van der Waals surface area contributed by atoms with E-state index in [0.29, 0.717) is 35.1 Å². The van der Waals surface area contributed by atoms with E-state index in [4.69, 9.17) is 21.6 Å². The monoisotopic (exact) mass is 298 g/mol. The van der Waals surface area contributed by atoms with E-state index in [-0.39, 0.29) is 5.91 Å². The second-order valence-electron chi connectivity index (χ2n) is 4.74. The predicted octanol–water partition coefficient (Wildman–Crippen LogP) is 3.49. The highest BCUT2D eigenvalue weighted by Crippen LogP contribution is 2.25. The molecule has 0 radical (unpaired) electrons. The molecule has 1 aliphatic heterocycles. The largest absolute Gasteiger partial charge is 0.372 e. The quantitative estimate of drug-likeness (QED) is 0.923. The standard InChI is InChI=1S/C16H11ClN2O2/c17-14-4-1-10(7-18)5-15(14)19-16(20)11-2-3-12-8-21-9-13(12)6-11/h1-6H,8-9H2,(H,19,20). The second-order valence-corrected chi connectivity index (χ2v) is 5.14. The van der Waals surface area contributed by atoms with E-state index >= 15 is 0 Å².